The molecule has 1 aromatic rings. The summed E-state index contributed by atoms with van der Waals surface area (Å²) in [7, 11) is 0. The van der Waals surface area contributed by atoms with Crippen molar-refractivity contribution in [2.75, 3.05) is 19.8 Å². The predicted octanol–water partition coefficient (Wildman–Crippen LogP) is 0.603. The van der Waals surface area contributed by atoms with Crippen LogP contribution in [0.1, 0.15) is 12.7 Å². The van der Waals surface area contributed by atoms with Crippen molar-refractivity contribution < 1.29 is 4.74 Å². The van der Waals surface area contributed by atoms with E-state index < -0.39 is 0 Å². The minimum atomic E-state index is 0.314. The monoisotopic (exact) mass is 193 g/mol. The summed E-state index contributed by atoms with van der Waals surface area (Å²) in [6.45, 7) is 5.63. The molecule has 4 heteroatoms. The second-order valence-electron chi connectivity index (χ2n) is 4.07. The maximum atomic E-state index is 5.17. The summed E-state index contributed by atoms with van der Waals surface area (Å²) < 4.78 is 5.17. The molecule has 0 bridgehead atoms. The summed E-state index contributed by atoms with van der Waals surface area (Å²) >= 11 is 0. The van der Waals surface area contributed by atoms with Crippen molar-refractivity contribution in [3.05, 3.63) is 24.3 Å². The Hall–Kier alpha value is -1.00. The maximum Gasteiger partial charge on any atom is 0.141 e. The zero-order valence-corrected chi connectivity index (χ0v) is 8.36. The van der Waals surface area contributed by atoms with Gasteiger partial charge in [0.25, 0.3) is 0 Å². The van der Waals surface area contributed by atoms with E-state index in [4.69, 9.17) is 4.74 Å². The molecule has 1 aliphatic heterocycles. The molecule has 1 fully saturated rings. The maximum absolute atomic E-state index is 5.17. The van der Waals surface area contributed by atoms with E-state index in [2.05, 4.69) is 22.2 Å². The van der Waals surface area contributed by atoms with E-state index in [0.29, 0.717) is 5.41 Å². The van der Waals surface area contributed by atoms with Gasteiger partial charge in [0.1, 0.15) is 5.82 Å². The lowest BCUT2D eigenvalue weighted by Crippen LogP contribution is -2.47. The summed E-state index contributed by atoms with van der Waals surface area (Å²) in [6.07, 6.45) is 3.52. The minimum absolute atomic E-state index is 0.314. The molecular weight excluding hydrogens is 178 g/mol. The van der Waals surface area contributed by atoms with Gasteiger partial charge in [-0.2, -0.15) is 0 Å². The van der Waals surface area contributed by atoms with Crippen molar-refractivity contribution in [1.82, 2.24) is 15.3 Å². The molecule has 1 aromatic heterocycles. The summed E-state index contributed by atoms with van der Waals surface area (Å²) in [5, 5.41) is 3.34. The molecule has 4 nitrogen and oxygen atoms in total. The van der Waals surface area contributed by atoms with Gasteiger partial charge >= 0.3 is 0 Å². The Bertz CT molecular complexity index is 285. The Morgan fingerprint density at radius 3 is 2.71 bits per heavy atom. The molecule has 0 amide bonds. The number of aromatic nitrogens is 2. The van der Waals surface area contributed by atoms with Crippen LogP contribution in [-0.4, -0.2) is 29.7 Å². The minimum Gasteiger partial charge on any atom is -0.380 e. The average molecular weight is 193 g/mol. The first kappa shape index (κ1) is 9.55. The van der Waals surface area contributed by atoms with Crippen molar-refractivity contribution in [1.29, 1.82) is 0 Å². The molecule has 2 heterocycles. The van der Waals surface area contributed by atoms with E-state index in [1.807, 2.05) is 6.07 Å². The van der Waals surface area contributed by atoms with Crippen LogP contribution in [0.5, 0.6) is 0 Å². The van der Waals surface area contributed by atoms with Crippen LogP contribution in [0.3, 0.4) is 0 Å². The van der Waals surface area contributed by atoms with Crippen LogP contribution in [-0.2, 0) is 11.3 Å². The first-order valence-corrected chi connectivity index (χ1v) is 4.83. The molecule has 1 aliphatic rings. The van der Waals surface area contributed by atoms with Crippen LogP contribution in [0.2, 0.25) is 0 Å². The third kappa shape index (κ3) is 2.27. The smallest absolute Gasteiger partial charge is 0.141 e. The second kappa shape index (κ2) is 4.02. The molecule has 76 valence electrons. The standard InChI is InChI=1S/C10H15N3O/c1-10(7-14-8-10)6-11-5-9-12-3-2-4-13-9/h2-4,11H,5-8H2,1H3. The zero-order chi connectivity index (χ0) is 9.86. The van der Waals surface area contributed by atoms with Gasteiger partial charge in [-0.3, -0.25) is 0 Å². The molecule has 1 N–H and O–H groups in total. The molecular formula is C10H15N3O. The number of hydrogen-bond donors (Lipinski definition) is 1. The molecule has 14 heavy (non-hydrogen) atoms. The van der Waals surface area contributed by atoms with Crippen LogP contribution in [0.25, 0.3) is 0 Å². The van der Waals surface area contributed by atoms with E-state index in [1.54, 1.807) is 12.4 Å². The zero-order valence-electron chi connectivity index (χ0n) is 8.36. The van der Waals surface area contributed by atoms with Crippen LogP contribution in [0.4, 0.5) is 0 Å². The van der Waals surface area contributed by atoms with E-state index in [9.17, 15) is 0 Å². The van der Waals surface area contributed by atoms with E-state index in [-0.39, 0.29) is 0 Å². The van der Waals surface area contributed by atoms with Crippen molar-refractivity contribution in [3.63, 3.8) is 0 Å². The van der Waals surface area contributed by atoms with Gasteiger partial charge in [0, 0.05) is 24.4 Å². The van der Waals surface area contributed by atoms with Crippen molar-refractivity contribution >= 4 is 0 Å². The molecule has 0 atom stereocenters. The van der Waals surface area contributed by atoms with Crippen molar-refractivity contribution in [3.8, 4) is 0 Å². The number of hydrogen-bond acceptors (Lipinski definition) is 4. The Morgan fingerprint density at radius 1 is 1.43 bits per heavy atom. The van der Waals surface area contributed by atoms with Gasteiger partial charge in [0.15, 0.2) is 0 Å². The highest BCUT2D eigenvalue weighted by molar-refractivity contribution is 4.89. The lowest BCUT2D eigenvalue weighted by atomic mass is 9.89. The summed E-state index contributed by atoms with van der Waals surface area (Å²) in [6, 6.07) is 1.82. The van der Waals surface area contributed by atoms with Crippen molar-refractivity contribution in [2.45, 2.75) is 13.5 Å². The largest absolute Gasteiger partial charge is 0.380 e. The van der Waals surface area contributed by atoms with Crippen molar-refractivity contribution in [2.24, 2.45) is 5.41 Å². The molecule has 1 saturated heterocycles. The number of nitrogens with one attached hydrogen (secondary N) is 1. The fraction of sp³-hybridized carbons (Fsp3) is 0.600. The van der Waals surface area contributed by atoms with E-state index >= 15 is 0 Å². The number of ether oxygens (including phenoxy) is 1. The van der Waals surface area contributed by atoms with Gasteiger partial charge in [-0.15, -0.1) is 0 Å². The molecule has 0 saturated carbocycles. The molecule has 0 aliphatic carbocycles. The number of nitrogens with zero attached hydrogens (tertiary/aromatic N) is 2. The van der Waals surface area contributed by atoms with Gasteiger partial charge in [-0.25, -0.2) is 9.97 Å². The van der Waals surface area contributed by atoms with Crippen LogP contribution < -0.4 is 5.32 Å². The molecule has 0 radical (unpaired) electrons. The summed E-state index contributed by atoms with van der Waals surface area (Å²) in [4.78, 5) is 8.27. The third-order valence-corrected chi connectivity index (χ3v) is 2.36. The van der Waals surface area contributed by atoms with Gasteiger partial charge < -0.3 is 10.1 Å². The Morgan fingerprint density at radius 2 is 2.14 bits per heavy atom. The highest BCUT2D eigenvalue weighted by Crippen LogP contribution is 2.24. The molecule has 0 unspecified atom stereocenters. The lowest BCUT2D eigenvalue weighted by molar-refractivity contribution is -0.0992. The number of rotatable bonds is 4. The van der Waals surface area contributed by atoms with Gasteiger partial charge in [-0.05, 0) is 6.07 Å². The summed E-state index contributed by atoms with van der Waals surface area (Å²) in [5.74, 6) is 0.844. The Labute approximate surface area is 83.7 Å². The average Bonchev–Trinajstić information content (AvgIpc) is 2.17. The van der Waals surface area contributed by atoms with E-state index in [1.165, 1.54) is 0 Å². The topological polar surface area (TPSA) is 47.0 Å². The fourth-order valence-corrected chi connectivity index (χ4v) is 1.45. The van der Waals surface area contributed by atoms with E-state index in [0.717, 1.165) is 32.1 Å². The normalized spacial score (nSPS) is 18.9. The molecule has 0 aromatic carbocycles. The van der Waals surface area contributed by atoms with Gasteiger partial charge in [-0.1, -0.05) is 6.92 Å². The quantitative estimate of drug-likeness (QED) is 0.760. The Kier molecular flexibility index (Phi) is 2.74. The lowest BCUT2D eigenvalue weighted by Gasteiger charge is -2.38. The first-order chi connectivity index (χ1) is 6.79. The third-order valence-electron chi connectivity index (χ3n) is 2.36. The summed E-state index contributed by atoms with van der Waals surface area (Å²) in [5.41, 5.74) is 0.314. The van der Waals surface area contributed by atoms with Gasteiger partial charge in [0.2, 0.25) is 0 Å². The SMILES string of the molecule is CC1(CNCc2ncccn2)COC1. The highest BCUT2D eigenvalue weighted by Gasteiger charge is 2.32. The highest BCUT2D eigenvalue weighted by atomic mass is 16.5. The molecule has 2 rings (SSSR count). The second-order valence-corrected chi connectivity index (χ2v) is 4.07. The Balaban J connectivity index is 1.73. The molecule has 0 spiro atoms. The van der Waals surface area contributed by atoms with Crippen LogP contribution >= 0.6 is 0 Å². The van der Waals surface area contributed by atoms with Gasteiger partial charge in [0.05, 0.1) is 19.8 Å². The van der Waals surface area contributed by atoms with Crippen LogP contribution in [0.15, 0.2) is 18.5 Å². The predicted molar refractivity (Wildman–Crippen MR) is 52.7 cm³/mol. The fourth-order valence-electron chi connectivity index (χ4n) is 1.45. The first-order valence-electron chi connectivity index (χ1n) is 4.83. The van der Waals surface area contributed by atoms with Crippen LogP contribution in [0, 0.1) is 5.41 Å².